The van der Waals surface area contributed by atoms with E-state index in [0.717, 1.165) is 11.3 Å². The minimum atomic E-state index is -0.437. The molecule has 148 valence electrons. The summed E-state index contributed by atoms with van der Waals surface area (Å²) in [7, 11) is 0. The Bertz CT molecular complexity index is 1030. The van der Waals surface area contributed by atoms with Gasteiger partial charge in [0.25, 0.3) is 0 Å². The third kappa shape index (κ3) is 4.57. The lowest BCUT2D eigenvalue weighted by atomic mass is 10.1. The number of rotatable bonds is 6. The highest BCUT2D eigenvalue weighted by atomic mass is 16.6. The van der Waals surface area contributed by atoms with Crippen molar-refractivity contribution in [3.05, 3.63) is 77.7 Å². The van der Waals surface area contributed by atoms with Gasteiger partial charge in [-0.15, -0.1) is 0 Å². The van der Waals surface area contributed by atoms with Gasteiger partial charge in [-0.3, -0.25) is 4.79 Å². The Hall–Kier alpha value is -3.74. The highest BCUT2D eigenvalue weighted by molar-refractivity contribution is 6.00. The number of carbonyl (C=O) groups is 1. The molecule has 0 bridgehead atoms. The van der Waals surface area contributed by atoms with Gasteiger partial charge in [0.2, 0.25) is 0 Å². The Morgan fingerprint density at radius 1 is 1.03 bits per heavy atom. The summed E-state index contributed by atoms with van der Waals surface area (Å²) in [6.45, 7) is 3.08. The SMILES string of the molecule is C/C(=N/NC(=O)c1ccc(COc2ccccc2)o1)c1ccc2c(c1)OCCO2. The summed E-state index contributed by atoms with van der Waals surface area (Å²) >= 11 is 0. The van der Waals surface area contributed by atoms with Crippen LogP contribution in [0, 0.1) is 0 Å². The molecule has 1 aliphatic rings. The number of hydrazone groups is 1. The Labute approximate surface area is 167 Å². The molecule has 0 spiro atoms. The van der Waals surface area contributed by atoms with Gasteiger partial charge in [-0.25, -0.2) is 5.43 Å². The normalized spacial score (nSPS) is 13.1. The zero-order valence-corrected chi connectivity index (χ0v) is 15.9. The molecule has 0 atom stereocenters. The fraction of sp³-hybridized carbons (Fsp3) is 0.182. The van der Waals surface area contributed by atoms with Crippen molar-refractivity contribution in [1.82, 2.24) is 5.43 Å². The van der Waals surface area contributed by atoms with Crippen molar-refractivity contribution in [2.24, 2.45) is 5.10 Å². The lowest BCUT2D eigenvalue weighted by Gasteiger charge is -2.18. The molecule has 1 aliphatic heterocycles. The first-order valence-corrected chi connectivity index (χ1v) is 9.20. The predicted octanol–water partition coefficient (Wildman–Crippen LogP) is 3.78. The molecule has 29 heavy (non-hydrogen) atoms. The molecule has 0 radical (unpaired) electrons. The van der Waals surface area contributed by atoms with Crippen molar-refractivity contribution < 1.29 is 23.4 Å². The summed E-state index contributed by atoms with van der Waals surface area (Å²) < 4.78 is 22.2. The minimum Gasteiger partial charge on any atom is -0.486 e. The number of nitrogens with one attached hydrogen (secondary N) is 1. The van der Waals surface area contributed by atoms with E-state index in [1.807, 2.05) is 48.5 Å². The third-order valence-electron chi connectivity index (χ3n) is 4.29. The molecule has 4 rings (SSSR count). The van der Waals surface area contributed by atoms with Gasteiger partial charge in [0, 0.05) is 5.56 Å². The summed E-state index contributed by atoms with van der Waals surface area (Å²) in [5.74, 6) is 2.38. The number of nitrogens with zero attached hydrogens (tertiary/aromatic N) is 1. The first kappa shape index (κ1) is 18.6. The van der Waals surface area contributed by atoms with Crippen LogP contribution in [0.1, 0.15) is 28.8 Å². The maximum atomic E-state index is 12.3. The number of ether oxygens (including phenoxy) is 3. The number of hydrogen-bond acceptors (Lipinski definition) is 6. The molecule has 1 N–H and O–H groups in total. The number of benzene rings is 2. The molecule has 7 nitrogen and oxygen atoms in total. The molecule has 3 aromatic rings. The Morgan fingerprint density at radius 3 is 2.66 bits per heavy atom. The van der Waals surface area contributed by atoms with Crippen LogP contribution in [-0.4, -0.2) is 24.8 Å². The first-order chi connectivity index (χ1) is 14.2. The molecule has 0 unspecified atom stereocenters. The smallest absolute Gasteiger partial charge is 0.307 e. The van der Waals surface area contributed by atoms with E-state index in [9.17, 15) is 4.79 Å². The summed E-state index contributed by atoms with van der Waals surface area (Å²) in [6.07, 6.45) is 0. The van der Waals surface area contributed by atoms with Gasteiger partial charge in [-0.1, -0.05) is 18.2 Å². The fourth-order valence-electron chi connectivity index (χ4n) is 2.77. The molecular weight excluding hydrogens is 372 g/mol. The van der Waals surface area contributed by atoms with Crippen molar-refractivity contribution >= 4 is 11.6 Å². The molecule has 0 aliphatic carbocycles. The zero-order valence-electron chi connectivity index (χ0n) is 15.9. The van der Waals surface area contributed by atoms with Crippen LogP contribution in [0.2, 0.25) is 0 Å². The largest absolute Gasteiger partial charge is 0.486 e. The maximum absolute atomic E-state index is 12.3. The second kappa shape index (κ2) is 8.52. The molecule has 0 fully saturated rings. The van der Waals surface area contributed by atoms with Crippen LogP contribution in [0.3, 0.4) is 0 Å². The van der Waals surface area contributed by atoms with Crippen molar-refractivity contribution in [2.75, 3.05) is 13.2 Å². The van der Waals surface area contributed by atoms with Crippen LogP contribution >= 0.6 is 0 Å². The molecule has 0 saturated heterocycles. The van der Waals surface area contributed by atoms with Crippen molar-refractivity contribution in [2.45, 2.75) is 13.5 Å². The highest BCUT2D eigenvalue weighted by Gasteiger charge is 2.14. The molecule has 1 amide bonds. The molecule has 7 heteroatoms. The van der Waals surface area contributed by atoms with Gasteiger partial charge in [0.15, 0.2) is 17.3 Å². The second-order valence-corrected chi connectivity index (χ2v) is 6.36. The number of carbonyl (C=O) groups excluding carboxylic acids is 1. The van der Waals surface area contributed by atoms with Gasteiger partial charge in [0.1, 0.15) is 31.3 Å². The monoisotopic (exact) mass is 392 g/mol. The quantitative estimate of drug-likeness (QED) is 0.510. The third-order valence-corrected chi connectivity index (χ3v) is 4.29. The topological polar surface area (TPSA) is 82.3 Å². The zero-order chi connectivity index (χ0) is 20.1. The number of furan rings is 1. The van der Waals surface area contributed by atoms with Crippen LogP contribution in [-0.2, 0) is 6.61 Å². The van der Waals surface area contributed by atoms with E-state index in [0.29, 0.717) is 36.2 Å². The highest BCUT2D eigenvalue weighted by Crippen LogP contribution is 2.30. The number of para-hydroxylation sites is 1. The van der Waals surface area contributed by atoms with Gasteiger partial charge in [-0.05, 0) is 49.4 Å². The minimum absolute atomic E-state index is 0.162. The number of fused-ring (bicyclic) bond motifs is 1. The van der Waals surface area contributed by atoms with Crippen molar-refractivity contribution in [3.8, 4) is 17.2 Å². The van der Waals surface area contributed by atoms with E-state index >= 15 is 0 Å². The van der Waals surface area contributed by atoms with E-state index in [2.05, 4.69) is 10.5 Å². The second-order valence-electron chi connectivity index (χ2n) is 6.36. The Balaban J connectivity index is 1.36. The van der Waals surface area contributed by atoms with Crippen LogP contribution in [0.25, 0.3) is 0 Å². The average Bonchev–Trinajstić information content (AvgIpc) is 3.25. The summed E-state index contributed by atoms with van der Waals surface area (Å²) in [4.78, 5) is 12.3. The van der Waals surface area contributed by atoms with Gasteiger partial charge >= 0.3 is 5.91 Å². The van der Waals surface area contributed by atoms with Gasteiger partial charge in [-0.2, -0.15) is 5.10 Å². The van der Waals surface area contributed by atoms with Gasteiger partial charge < -0.3 is 18.6 Å². The van der Waals surface area contributed by atoms with Crippen molar-refractivity contribution in [1.29, 1.82) is 0 Å². The summed E-state index contributed by atoms with van der Waals surface area (Å²) in [5, 5.41) is 4.15. The molecule has 1 aromatic heterocycles. The van der Waals surface area contributed by atoms with E-state index in [1.54, 1.807) is 19.1 Å². The van der Waals surface area contributed by atoms with E-state index in [-0.39, 0.29) is 12.4 Å². The molecule has 2 heterocycles. The number of amides is 1. The average molecular weight is 392 g/mol. The summed E-state index contributed by atoms with van der Waals surface area (Å²) in [6, 6.07) is 18.2. The molecular formula is C22H20N2O5. The molecule has 0 saturated carbocycles. The lowest BCUT2D eigenvalue weighted by molar-refractivity contribution is 0.0923. The van der Waals surface area contributed by atoms with Crippen LogP contribution in [0.5, 0.6) is 17.2 Å². The van der Waals surface area contributed by atoms with Crippen molar-refractivity contribution in [3.63, 3.8) is 0 Å². The fourth-order valence-corrected chi connectivity index (χ4v) is 2.77. The van der Waals surface area contributed by atoms with Crippen LogP contribution < -0.4 is 19.6 Å². The van der Waals surface area contributed by atoms with E-state index in [4.69, 9.17) is 18.6 Å². The Kier molecular flexibility index (Phi) is 5.47. The van der Waals surface area contributed by atoms with E-state index < -0.39 is 5.91 Å². The number of hydrogen-bond donors (Lipinski definition) is 1. The lowest BCUT2D eigenvalue weighted by Crippen LogP contribution is -2.19. The first-order valence-electron chi connectivity index (χ1n) is 9.20. The molecule has 2 aromatic carbocycles. The van der Waals surface area contributed by atoms with Crippen LogP contribution in [0.15, 0.2) is 70.2 Å². The van der Waals surface area contributed by atoms with E-state index in [1.165, 1.54) is 0 Å². The maximum Gasteiger partial charge on any atom is 0.307 e. The van der Waals surface area contributed by atoms with Gasteiger partial charge in [0.05, 0.1) is 5.71 Å². The standard InChI is InChI=1S/C22H20N2O5/c1-15(16-7-9-19-21(13-16)27-12-11-26-19)23-24-22(25)20-10-8-18(29-20)14-28-17-5-3-2-4-6-17/h2-10,13H,11-12,14H2,1H3,(H,24,25)/b23-15-. The Morgan fingerprint density at radius 2 is 1.83 bits per heavy atom. The summed E-state index contributed by atoms with van der Waals surface area (Å²) in [5.41, 5.74) is 3.97. The van der Waals surface area contributed by atoms with Crippen LogP contribution in [0.4, 0.5) is 0 Å². The predicted molar refractivity (Wildman–Crippen MR) is 107 cm³/mol.